The summed E-state index contributed by atoms with van der Waals surface area (Å²) in [5.41, 5.74) is 7.67. The molecule has 0 atom stereocenters. The number of nitrogens with zero attached hydrogens (tertiary/aromatic N) is 4. The third-order valence-corrected chi connectivity index (χ3v) is 5.80. The van der Waals surface area contributed by atoms with Gasteiger partial charge in [-0.3, -0.25) is 4.99 Å². The van der Waals surface area contributed by atoms with Crippen LogP contribution in [0, 0.1) is 6.92 Å². The van der Waals surface area contributed by atoms with Gasteiger partial charge in [-0.15, -0.1) is 0 Å². The maximum Gasteiger partial charge on any atom is 0.132 e. The summed E-state index contributed by atoms with van der Waals surface area (Å²) < 4.78 is 7.74. The Bertz CT molecular complexity index is 1260. The highest BCUT2D eigenvalue weighted by Crippen LogP contribution is 2.19. The molecule has 0 amide bonds. The molecular formula is C31H43N5O. The fraction of sp³-hybridized carbons (Fsp3) is 0.355. The normalized spacial score (nSPS) is 13.5. The molecule has 0 aliphatic rings. The van der Waals surface area contributed by atoms with Gasteiger partial charge >= 0.3 is 0 Å². The Morgan fingerprint density at radius 3 is 2.54 bits per heavy atom. The molecule has 1 heterocycles. The van der Waals surface area contributed by atoms with E-state index < -0.39 is 0 Å². The smallest absolute Gasteiger partial charge is 0.132 e. The second kappa shape index (κ2) is 14.8. The zero-order valence-corrected chi connectivity index (χ0v) is 23.8. The predicted molar refractivity (Wildman–Crippen MR) is 158 cm³/mol. The van der Waals surface area contributed by atoms with Gasteiger partial charge in [0.05, 0.1) is 12.3 Å². The Morgan fingerprint density at radius 1 is 1.16 bits per heavy atom. The van der Waals surface area contributed by atoms with Crippen molar-refractivity contribution in [2.75, 3.05) is 27.7 Å². The average molecular weight is 502 g/mol. The molecule has 2 rings (SSSR count). The van der Waals surface area contributed by atoms with Crippen LogP contribution in [0.3, 0.4) is 0 Å². The van der Waals surface area contributed by atoms with E-state index in [0.717, 1.165) is 40.2 Å². The summed E-state index contributed by atoms with van der Waals surface area (Å²) in [6.45, 7) is 16.5. The Morgan fingerprint density at radius 2 is 1.92 bits per heavy atom. The predicted octanol–water partition coefficient (Wildman–Crippen LogP) is 5.87. The van der Waals surface area contributed by atoms with Crippen molar-refractivity contribution in [3.05, 3.63) is 100 Å². The van der Waals surface area contributed by atoms with Gasteiger partial charge in [0.2, 0.25) is 0 Å². The molecular weight excluding hydrogens is 458 g/mol. The number of hydrogen-bond donors (Lipinski definition) is 1. The summed E-state index contributed by atoms with van der Waals surface area (Å²) in [7, 11) is 5.96. The molecule has 0 aliphatic carbocycles. The summed E-state index contributed by atoms with van der Waals surface area (Å²) in [6, 6.07) is 10.5. The number of rotatable bonds is 12. The third-order valence-electron chi connectivity index (χ3n) is 5.80. The van der Waals surface area contributed by atoms with E-state index in [0.29, 0.717) is 19.0 Å². The second-order valence-corrected chi connectivity index (χ2v) is 9.25. The van der Waals surface area contributed by atoms with Gasteiger partial charge in [0, 0.05) is 32.5 Å². The lowest BCUT2D eigenvalue weighted by Gasteiger charge is -2.16. The molecule has 6 heteroatoms. The first-order valence-electron chi connectivity index (χ1n) is 12.7. The molecule has 6 nitrogen and oxygen atoms in total. The minimum atomic E-state index is 0.607. The molecule has 198 valence electrons. The van der Waals surface area contributed by atoms with Crippen molar-refractivity contribution in [2.45, 2.75) is 47.7 Å². The van der Waals surface area contributed by atoms with Crippen LogP contribution in [0.25, 0.3) is 5.70 Å². The summed E-state index contributed by atoms with van der Waals surface area (Å²) in [5.74, 6) is 1.53. The lowest BCUT2D eigenvalue weighted by molar-refractivity contribution is 0.338. The zero-order valence-electron chi connectivity index (χ0n) is 23.8. The molecule has 1 N–H and O–H groups in total. The summed E-state index contributed by atoms with van der Waals surface area (Å²) in [4.78, 5) is 11.2. The van der Waals surface area contributed by atoms with Crippen LogP contribution in [0.5, 0.6) is 5.75 Å². The van der Waals surface area contributed by atoms with Gasteiger partial charge in [-0.1, -0.05) is 30.4 Å². The van der Waals surface area contributed by atoms with Gasteiger partial charge < -0.3 is 19.5 Å². The fourth-order valence-electron chi connectivity index (χ4n) is 3.76. The van der Waals surface area contributed by atoms with Gasteiger partial charge in [-0.25, -0.2) is 4.99 Å². The van der Waals surface area contributed by atoms with E-state index >= 15 is 0 Å². The van der Waals surface area contributed by atoms with Crippen molar-refractivity contribution in [3.63, 3.8) is 0 Å². The summed E-state index contributed by atoms with van der Waals surface area (Å²) >= 11 is 0. The number of ether oxygens (including phenoxy) is 1. The second-order valence-electron chi connectivity index (χ2n) is 9.25. The molecule has 0 unspecified atom stereocenters. The standard InChI is InChI=1S/C31H43N5O/c1-10-23(3)18-29(36-17-15-28(22-35(8)9)20-31(36)32-7)24(4)14-16-33-26(6)34-21-27-12-13-30(37-11-2)25(5)19-27/h10,12-20,34H,6,11,21-22H2,1-5,7-9H3/b23-10+,24-14+,29-18+,32-31?,33-16-. The first-order valence-corrected chi connectivity index (χ1v) is 12.7. The highest BCUT2D eigenvalue weighted by atomic mass is 16.5. The van der Waals surface area contributed by atoms with E-state index in [9.17, 15) is 0 Å². The van der Waals surface area contributed by atoms with E-state index in [2.05, 4.69) is 109 Å². The zero-order chi connectivity index (χ0) is 27.4. The molecule has 1 aromatic heterocycles. The van der Waals surface area contributed by atoms with Crippen molar-refractivity contribution in [1.29, 1.82) is 0 Å². The number of hydrogen-bond acceptors (Lipinski definition) is 5. The van der Waals surface area contributed by atoms with E-state index in [1.165, 1.54) is 11.1 Å². The maximum atomic E-state index is 5.62. The van der Waals surface area contributed by atoms with Crippen molar-refractivity contribution >= 4 is 11.9 Å². The highest BCUT2D eigenvalue weighted by molar-refractivity contribution is 5.80. The topological polar surface area (TPSA) is 54.2 Å². The van der Waals surface area contributed by atoms with Crippen LogP contribution in [0.2, 0.25) is 0 Å². The molecule has 0 bridgehead atoms. The summed E-state index contributed by atoms with van der Waals surface area (Å²) in [5, 5.41) is 3.28. The quantitative estimate of drug-likeness (QED) is 0.292. The minimum Gasteiger partial charge on any atom is -0.494 e. The largest absolute Gasteiger partial charge is 0.494 e. The Balaban J connectivity index is 2.21. The van der Waals surface area contributed by atoms with Crippen molar-refractivity contribution in [3.8, 4) is 5.75 Å². The van der Waals surface area contributed by atoms with Crippen LogP contribution < -0.4 is 15.5 Å². The van der Waals surface area contributed by atoms with E-state index in [1.54, 1.807) is 6.21 Å². The van der Waals surface area contributed by atoms with E-state index in [4.69, 9.17) is 4.74 Å². The molecule has 0 radical (unpaired) electrons. The Hall–Kier alpha value is -3.64. The van der Waals surface area contributed by atoms with Crippen LogP contribution in [-0.4, -0.2) is 43.4 Å². The van der Waals surface area contributed by atoms with Crippen molar-refractivity contribution in [2.24, 2.45) is 9.98 Å². The highest BCUT2D eigenvalue weighted by Gasteiger charge is 2.07. The van der Waals surface area contributed by atoms with E-state index in [-0.39, 0.29) is 0 Å². The molecule has 37 heavy (non-hydrogen) atoms. The van der Waals surface area contributed by atoms with Crippen molar-refractivity contribution in [1.82, 2.24) is 14.8 Å². The number of pyridine rings is 1. The number of aryl methyl sites for hydroxylation is 1. The molecule has 0 spiro atoms. The molecule has 2 aromatic rings. The van der Waals surface area contributed by atoms with Crippen LogP contribution in [0.1, 0.15) is 44.4 Å². The maximum absolute atomic E-state index is 5.62. The number of aliphatic imine (C=N–C) groups is 1. The molecule has 0 saturated carbocycles. The molecule has 0 aliphatic heterocycles. The lowest BCUT2D eigenvalue weighted by Crippen LogP contribution is -2.22. The number of allylic oxidation sites excluding steroid dienone is 6. The van der Waals surface area contributed by atoms with Crippen LogP contribution in [0.15, 0.2) is 88.3 Å². The first-order chi connectivity index (χ1) is 17.7. The van der Waals surface area contributed by atoms with Crippen LogP contribution in [-0.2, 0) is 13.1 Å². The number of aromatic nitrogens is 1. The minimum absolute atomic E-state index is 0.607. The van der Waals surface area contributed by atoms with Crippen LogP contribution >= 0.6 is 0 Å². The Labute approximate surface area is 223 Å². The van der Waals surface area contributed by atoms with Gasteiger partial charge in [0.25, 0.3) is 0 Å². The fourth-order valence-corrected chi connectivity index (χ4v) is 3.76. The molecule has 1 aromatic carbocycles. The Kier molecular flexibility index (Phi) is 11.8. The van der Waals surface area contributed by atoms with Gasteiger partial charge in [-0.05, 0) is 101 Å². The first kappa shape index (κ1) is 29.6. The third kappa shape index (κ3) is 9.39. The SMILES string of the molecule is C=C(\N=C/C=C(C)/C(=C\C(C)=C\C)n1ccc(CN(C)C)cc1=NC)NCc1ccc(OCC)c(C)c1. The monoisotopic (exact) mass is 501 g/mol. The molecule has 0 fully saturated rings. The summed E-state index contributed by atoms with van der Waals surface area (Å²) in [6.07, 6.45) is 10.1. The average Bonchev–Trinajstić information content (AvgIpc) is 2.87. The van der Waals surface area contributed by atoms with Gasteiger partial charge in [0.1, 0.15) is 17.1 Å². The number of nitrogens with one attached hydrogen (secondary N) is 1. The van der Waals surface area contributed by atoms with Gasteiger partial charge in [0.15, 0.2) is 0 Å². The van der Waals surface area contributed by atoms with Crippen LogP contribution in [0.4, 0.5) is 0 Å². The lowest BCUT2D eigenvalue weighted by atomic mass is 10.1. The van der Waals surface area contributed by atoms with Crippen molar-refractivity contribution < 1.29 is 4.74 Å². The van der Waals surface area contributed by atoms with E-state index in [1.807, 2.05) is 33.0 Å². The van der Waals surface area contributed by atoms with Gasteiger partial charge in [-0.2, -0.15) is 0 Å². The number of benzene rings is 1. The molecule has 0 saturated heterocycles.